The number of aliphatic hydroxyl groups is 1. The molecule has 0 aliphatic heterocycles. The van der Waals surface area contributed by atoms with E-state index in [1.54, 1.807) is 26.1 Å². The van der Waals surface area contributed by atoms with Gasteiger partial charge in [-0.1, -0.05) is 11.6 Å². The lowest BCUT2D eigenvalue weighted by molar-refractivity contribution is 0.0826. The number of nitrogens with zero attached hydrogens (tertiary/aromatic N) is 1. The zero-order chi connectivity index (χ0) is 11.8. The molecule has 2 rings (SSSR count). The van der Waals surface area contributed by atoms with Crippen molar-refractivity contribution in [2.75, 3.05) is 0 Å². The Kier molecular flexibility index (Phi) is 3.02. The molecule has 1 N–H and O–H groups in total. The van der Waals surface area contributed by atoms with E-state index >= 15 is 0 Å². The minimum atomic E-state index is -0.804. The quantitative estimate of drug-likeness (QED) is 0.886. The van der Waals surface area contributed by atoms with Crippen molar-refractivity contribution in [1.29, 1.82) is 0 Å². The minimum Gasteiger partial charge on any atom is -0.385 e. The molecule has 0 saturated carbocycles. The van der Waals surface area contributed by atoms with Crippen molar-refractivity contribution < 1.29 is 5.11 Å². The predicted molar refractivity (Wildman–Crippen MR) is 67.8 cm³/mol. The second-order valence-electron chi connectivity index (χ2n) is 4.12. The monoisotopic (exact) mass is 253 g/mol. The highest BCUT2D eigenvalue weighted by atomic mass is 35.5. The Bertz CT molecular complexity index is 502. The van der Waals surface area contributed by atoms with Crippen molar-refractivity contribution in [3.63, 3.8) is 0 Å². The molecule has 4 heteroatoms. The van der Waals surface area contributed by atoms with Gasteiger partial charge in [0.1, 0.15) is 0 Å². The average molecular weight is 254 g/mol. The van der Waals surface area contributed by atoms with E-state index in [9.17, 15) is 5.11 Å². The van der Waals surface area contributed by atoms with E-state index < -0.39 is 5.60 Å². The Balaban J connectivity index is 2.39. The molecule has 0 amide bonds. The van der Waals surface area contributed by atoms with Crippen LogP contribution in [0.1, 0.15) is 18.7 Å². The van der Waals surface area contributed by atoms with Crippen LogP contribution in [-0.2, 0) is 5.60 Å². The van der Waals surface area contributed by atoms with Crippen LogP contribution in [0.3, 0.4) is 0 Å². The van der Waals surface area contributed by atoms with Crippen LogP contribution < -0.4 is 0 Å². The maximum atomic E-state index is 9.87. The molecule has 0 unspecified atom stereocenters. The highest BCUT2D eigenvalue weighted by Gasteiger charge is 2.18. The van der Waals surface area contributed by atoms with Crippen molar-refractivity contribution in [3.8, 4) is 11.3 Å². The molecule has 0 bridgehead atoms. The molecule has 0 atom stereocenters. The van der Waals surface area contributed by atoms with Gasteiger partial charge >= 0.3 is 0 Å². The lowest BCUT2D eigenvalue weighted by Gasteiger charge is -2.13. The van der Waals surface area contributed by atoms with E-state index in [2.05, 4.69) is 4.98 Å². The fourth-order valence-corrected chi connectivity index (χ4v) is 2.44. The van der Waals surface area contributed by atoms with Gasteiger partial charge in [-0.15, -0.1) is 11.3 Å². The number of hydrogen-bond donors (Lipinski definition) is 1. The number of thiophene rings is 1. The Hall–Kier alpha value is -0.900. The molecule has 0 saturated heterocycles. The first kappa shape index (κ1) is 11.6. The summed E-state index contributed by atoms with van der Waals surface area (Å²) < 4.78 is 0. The first-order chi connectivity index (χ1) is 7.47. The molecule has 2 aromatic heterocycles. The summed E-state index contributed by atoms with van der Waals surface area (Å²) >= 11 is 7.43. The minimum absolute atomic E-state index is 0.668. The first-order valence-electron chi connectivity index (χ1n) is 4.90. The molecule has 84 valence electrons. The molecule has 16 heavy (non-hydrogen) atoms. The molecule has 0 fully saturated rings. The summed E-state index contributed by atoms with van der Waals surface area (Å²) in [7, 11) is 0. The van der Waals surface area contributed by atoms with E-state index in [-0.39, 0.29) is 0 Å². The maximum Gasteiger partial charge on any atom is 0.0932 e. The normalized spacial score (nSPS) is 11.8. The molecular weight excluding hydrogens is 242 g/mol. The van der Waals surface area contributed by atoms with Crippen molar-refractivity contribution >= 4 is 22.9 Å². The lowest BCUT2D eigenvalue weighted by atomic mass is 10.1. The van der Waals surface area contributed by atoms with Crippen LogP contribution in [0.25, 0.3) is 11.3 Å². The highest BCUT2D eigenvalue weighted by Crippen LogP contribution is 2.31. The maximum absolute atomic E-state index is 9.87. The van der Waals surface area contributed by atoms with Gasteiger partial charge < -0.3 is 5.11 Å². The van der Waals surface area contributed by atoms with Gasteiger partial charge in [0.25, 0.3) is 0 Å². The fraction of sp³-hybridized carbons (Fsp3) is 0.250. The molecule has 0 aromatic carbocycles. The van der Waals surface area contributed by atoms with E-state index in [0.717, 1.165) is 16.1 Å². The zero-order valence-corrected chi connectivity index (χ0v) is 10.6. The van der Waals surface area contributed by atoms with Gasteiger partial charge in [0.2, 0.25) is 0 Å². The Morgan fingerprint density at radius 2 is 2.12 bits per heavy atom. The summed E-state index contributed by atoms with van der Waals surface area (Å²) in [6, 6.07) is 5.51. The van der Waals surface area contributed by atoms with Gasteiger partial charge in [-0.05, 0) is 32.0 Å². The lowest BCUT2D eigenvalue weighted by Crippen LogP contribution is -2.12. The standard InChI is InChI=1S/C12H12ClNOS/c1-12(2,15)11-5-8(7-16-11)10-6-9(13)3-4-14-10/h3-7,15H,1-2H3. The van der Waals surface area contributed by atoms with E-state index in [4.69, 9.17) is 11.6 Å². The van der Waals surface area contributed by atoms with Crippen LogP contribution in [0.15, 0.2) is 29.8 Å². The van der Waals surface area contributed by atoms with Crippen molar-refractivity contribution in [2.24, 2.45) is 0 Å². The van der Waals surface area contributed by atoms with Crippen LogP contribution >= 0.6 is 22.9 Å². The Labute approximate surface area is 104 Å². The van der Waals surface area contributed by atoms with Crippen LogP contribution in [0.5, 0.6) is 0 Å². The number of hydrogen-bond acceptors (Lipinski definition) is 3. The Morgan fingerprint density at radius 3 is 2.69 bits per heavy atom. The number of aromatic nitrogens is 1. The summed E-state index contributed by atoms with van der Waals surface area (Å²) in [5, 5.41) is 12.5. The SMILES string of the molecule is CC(C)(O)c1cc(-c2cc(Cl)ccn2)cs1. The molecule has 2 nitrogen and oxygen atoms in total. The zero-order valence-electron chi connectivity index (χ0n) is 9.07. The van der Waals surface area contributed by atoms with Crippen LogP contribution in [0.2, 0.25) is 5.02 Å². The first-order valence-corrected chi connectivity index (χ1v) is 6.16. The van der Waals surface area contributed by atoms with Crippen LogP contribution in [-0.4, -0.2) is 10.1 Å². The third-order valence-electron chi connectivity index (χ3n) is 2.22. The summed E-state index contributed by atoms with van der Waals surface area (Å²) in [6.07, 6.45) is 1.68. The number of halogens is 1. The molecule has 0 aliphatic rings. The largest absolute Gasteiger partial charge is 0.385 e. The molecule has 0 aliphatic carbocycles. The van der Waals surface area contributed by atoms with Gasteiger partial charge in [-0.25, -0.2) is 0 Å². The molecule has 2 heterocycles. The summed E-state index contributed by atoms with van der Waals surface area (Å²) in [4.78, 5) is 5.17. The Morgan fingerprint density at radius 1 is 1.38 bits per heavy atom. The molecule has 0 spiro atoms. The van der Waals surface area contributed by atoms with E-state index in [1.807, 2.05) is 17.5 Å². The van der Waals surface area contributed by atoms with Gasteiger partial charge in [0, 0.05) is 27.0 Å². The topological polar surface area (TPSA) is 33.1 Å². The second-order valence-corrected chi connectivity index (χ2v) is 5.47. The average Bonchev–Trinajstić information content (AvgIpc) is 2.65. The molecule has 2 aromatic rings. The van der Waals surface area contributed by atoms with E-state index in [1.165, 1.54) is 11.3 Å². The van der Waals surface area contributed by atoms with Crippen molar-refractivity contribution in [3.05, 3.63) is 39.7 Å². The van der Waals surface area contributed by atoms with Gasteiger partial charge in [0.15, 0.2) is 0 Å². The third kappa shape index (κ3) is 2.43. The van der Waals surface area contributed by atoms with Gasteiger partial charge in [-0.3, -0.25) is 4.98 Å². The predicted octanol–water partition coefficient (Wildman–Crippen LogP) is 3.69. The van der Waals surface area contributed by atoms with Crippen molar-refractivity contribution in [2.45, 2.75) is 19.4 Å². The molecule has 0 radical (unpaired) electrons. The number of pyridine rings is 1. The number of rotatable bonds is 2. The van der Waals surface area contributed by atoms with E-state index in [0.29, 0.717) is 5.02 Å². The summed E-state index contributed by atoms with van der Waals surface area (Å²) in [5.74, 6) is 0. The second kappa shape index (κ2) is 4.17. The van der Waals surface area contributed by atoms with Crippen LogP contribution in [0, 0.1) is 0 Å². The molecular formula is C12H12ClNOS. The van der Waals surface area contributed by atoms with Crippen LogP contribution in [0.4, 0.5) is 0 Å². The summed E-state index contributed by atoms with van der Waals surface area (Å²) in [5.41, 5.74) is 1.02. The third-order valence-corrected chi connectivity index (χ3v) is 3.70. The van der Waals surface area contributed by atoms with Crippen molar-refractivity contribution in [1.82, 2.24) is 4.98 Å². The highest BCUT2D eigenvalue weighted by molar-refractivity contribution is 7.10. The summed E-state index contributed by atoms with van der Waals surface area (Å²) in [6.45, 7) is 3.54. The smallest absolute Gasteiger partial charge is 0.0932 e. The van der Waals surface area contributed by atoms with Gasteiger partial charge in [0.05, 0.1) is 11.3 Å². The fourth-order valence-electron chi connectivity index (χ4n) is 1.35. The van der Waals surface area contributed by atoms with Gasteiger partial charge in [-0.2, -0.15) is 0 Å².